The molecule has 0 aliphatic rings. The fourth-order valence-corrected chi connectivity index (χ4v) is 8.30. The predicted octanol–water partition coefficient (Wildman–Crippen LogP) is 15.1. The molecule has 0 saturated carbocycles. The van der Waals surface area contributed by atoms with Gasteiger partial charge in [0, 0.05) is 49.4 Å². The maximum atomic E-state index is 6.64. The van der Waals surface area contributed by atoms with Crippen LogP contribution in [-0.2, 0) is 0 Å². The van der Waals surface area contributed by atoms with Crippen LogP contribution in [0.15, 0.2) is 209 Å². The molecule has 11 aromatic rings. The molecule has 258 valence electrons. The van der Waals surface area contributed by atoms with Crippen LogP contribution >= 0.6 is 0 Å². The van der Waals surface area contributed by atoms with Crippen molar-refractivity contribution in [2.75, 3.05) is 4.90 Å². The molecule has 3 nitrogen and oxygen atoms in total. The summed E-state index contributed by atoms with van der Waals surface area (Å²) in [7, 11) is 0. The summed E-state index contributed by atoms with van der Waals surface area (Å²) in [5.74, 6) is 0. The van der Waals surface area contributed by atoms with Crippen molar-refractivity contribution in [3.8, 4) is 33.4 Å². The average Bonchev–Trinajstić information content (AvgIpc) is 3.84. The lowest BCUT2D eigenvalue weighted by Gasteiger charge is -2.28. The highest BCUT2D eigenvalue weighted by atomic mass is 16.3. The lowest BCUT2D eigenvalue weighted by atomic mass is 9.94. The normalized spacial score (nSPS) is 11.6. The van der Waals surface area contributed by atoms with E-state index in [2.05, 4.69) is 187 Å². The Balaban J connectivity index is 1.10. The number of benzene rings is 9. The van der Waals surface area contributed by atoms with E-state index >= 15 is 0 Å². The van der Waals surface area contributed by atoms with Gasteiger partial charge in [-0.3, -0.25) is 0 Å². The van der Waals surface area contributed by atoms with Gasteiger partial charge in [-0.1, -0.05) is 152 Å². The van der Waals surface area contributed by atoms with Crippen LogP contribution in [0.5, 0.6) is 0 Å². The van der Waals surface area contributed by atoms with Crippen molar-refractivity contribution in [1.29, 1.82) is 0 Å². The first kappa shape index (κ1) is 31.2. The number of hydrogen-bond acceptors (Lipinski definition) is 3. The average molecular weight is 704 g/mol. The molecule has 9 aromatic carbocycles. The number of fused-ring (bicyclic) bond motifs is 8. The second kappa shape index (κ2) is 12.6. The minimum Gasteiger partial charge on any atom is -0.455 e. The Bertz CT molecular complexity index is 3190. The number of rotatable bonds is 6. The summed E-state index contributed by atoms with van der Waals surface area (Å²) in [6.45, 7) is 0. The first-order valence-corrected chi connectivity index (χ1v) is 18.7. The molecule has 3 heteroatoms. The van der Waals surface area contributed by atoms with Crippen molar-refractivity contribution >= 4 is 71.7 Å². The standard InChI is InChI=1S/C52H33NO2/c1-2-12-34(13-3-1)35-24-29-38(30-25-35)53(39-31-26-36(27-32-39)40-18-11-20-45-42-16-5-8-22-48(42)54-51(40)45)47-21-7-4-15-41(47)44-19-10-14-37-28-33-46-43-17-6-9-23-49(43)55-52(46)50(37)44/h1-33H. The molecule has 11 rings (SSSR count). The lowest BCUT2D eigenvalue weighted by Crippen LogP contribution is -2.11. The smallest absolute Gasteiger partial charge is 0.143 e. The van der Waals surface area contributed by atoms with Crippen LogP contribution in [0.2, 0.25) is 0 Å². The van der Waals surface area contributed by atoms with Gasteiger partial charge in [-0.25, -0.2) is 0 Å². The zero-order valence-corrected chi connectivity index (χ0v) is 29.8. The summed E-state index contributed by atoms with van der Waals surface area (Å²) < 4.78 is 13.1. The number of anilines is 3. The van der Waals surface area contributed by atoms with E-state index < -0.39 is 0 Å². The molecule has 0 N–H and O–H groups in total. The summed E-state index contributed by atoms with van der Waals surface area (Å²) in [5, 5.41) is 6.75. The monoisotopic (exact) mass is 703 g/mol. The molecule has 0 amide bonds. The molecule has 0 bridgehead atoms. The van der Waals surface area contributed by atoms with Gasteiger partial charge in [0.25, 0.3) is 0 Å². The van der Waals surface area contributed by atoms with Crippen LogP contribution in [0.1, 0.15) is 0 Å². The Morgan fingerprint density at radius 1 is 0.309 bits per heavy atom. The van der Waals surface area contributed by atoms with Crippen molar-refractivity contribution in [2.24, 2.45) is 0 Å². The number of nitrogens with zero attached hydrogens (tertiary/aromatic N) is 1. The molecule has 0 spiro atoms. The summed E-state index contributed by atoms with van der Waals surface area (Å²) in [6, 6.07) is 70.9. The topological polar surface area (TPSA) is 29.5 Å². The molecular weight excluding hydrogens is 671 g/mol. The van der Waals surface area contributed by atoms with E-state index in [4.69, 9.17) is 8.83 Å². The van der Waals surface area contributed by atoms with Crippen LogP contribution in [0, 0.1) is 0 Å². The van der Waals surface area contributed by atoms with E-state index in [1.165, 1.54) is 11.1 Å². The van der Waals surface area contributed by atoms with E-state index in [1.807, 2.05) is 18.2 Å². The number of furan rings is 2. The summed E-state index contributed by atoms with van der Waals surface area (Å²) >= 11 is 0. The third-order valence-corrected chi connectivity index (χ3v) is 10.9. The third-order valence-electron chi connectivity index (χ3n) is 10.9. The fourth-order valence-electron chi connectivity index (χ4n) is 8.30. The van der Waals surface area contributed by atoms with Gasteiger partial charge in [0.05, 0.1) is 5.69 Å². The molecule has 0 atom stereocenters. The van der Waals surface area contributed by atoms with E-state index in [0.29, 0.717) is 0 Å². The van der Waals surface area contributed by atoms with E-state index in [-0.39, 0.29) is 0 Å². The van der Waals surface area contributed by atoms with E-state index in [0.717, 1.165) is 94.0 Å². The van der Waals surface area contributed by atoms with Crippen LogP contribution in [-0.4, -0.2) is 0 Å². The maximum absolute atomic E-state index is 6.64. The summed E-state index contributed by atoms with van der Waals surface area (Å²) in [5.41, 5.74) is 13.6. The van der Waals surface area contributed by atoms with Gasteiger partial charge in [0.1, 0.15) is 22.3 Å². The van der Waals surface area contributed by atoms with Crippen molar-refractivity contribution in [3.63, 3.8) is 0 Å². The minimum absolute atomic E-state index is 0.895. The summed E-state index contributed by atoms with van der Waals surface area (Å²) in [6.07, 6.45) is 0. The van der Waals surface area contributed by atoms with Gasteiger partial charge in [0.15, 0.2) is 0 Å². The van der Waals surface area contributed by atoms with E-state index in [1.54, 1.807) is 0 Å². The number of hydrogen-bond donors (Lipinski definition) is 0. The molecule has 0 radical (unpaired) electrons. The van der Waals surface area contributed by atoms with Crippen molar-refractivity contribution in [2.45, 2.75) is 0 Å². The van der Waals surface area contributed by atoms with Gasteiger partial charge in [-0.15, -0.1) is 0 Å². The quantitative estimate of drug-likeness (QED) is 0.173. The van der Waals surface area contributed by atoms with Crippen molar-refractivity contribution in [1.82, 2.24) is 0 Å². The van der Waals surface area contributed by atoms with Crippen LogP contribution in [0.25, 0.3) is 88.0 Å². The van der Waals surface area contributed by atoms with Crippen LogP contribution < -0.4 is 4.90 Å². The zero-order valence-electron chi connectivity index (χ0n) is 29.8. The van der Waals surface area contributed by atoms with Gasteiger partial charge in [0.2, 0.25) is 0 Å². The second-order valence-electron chi connectivity index (χ2n) is 14.0. The lowest BCUT2D eigenvalue weighted by molar-refractivity contribution is 0.670. The Morgan fingerprint density at radius 3 is 1.58 bits per heavy atom. The van der Waals surface area contributed by atoms with E-state index in [9.17, 15) is 0 Å². The van der Waals surface area contributed by atoms with Crippen molar-refractivity contribution < 1.29 is 8.83 Å². The summed E-state index contributed by atoms with van der Waals surface area (Å²) in [4.78, 5) is 2.37. The SMILES string of the molecule is c1ccc(-c2ccc(N(c3ccc(-c4cccc5c4oc4ccccc45)cc3)c3ccccc3-c3cccc4ccc5c6ccccc6oc5c34)cc2)cc1. The van der Waals surface area contributed by atoms with Gasteiger partial charge >= 0.3 is 0 Å². The Hall–Kier alpha value is -7.36. The fraction of sp³-hybridized carbons (Fsp3) is 0. The molecule has 55 heavy (non-hydrogen) atoms. The highest BCUT2D eigenvalue weighted by molar-refractivity contribution is 6.19. The van der Waals surface area contributed by atoms with Crippen LogP contribution in [0.4, 0.5) is 17.1 Å². The number of para-hydroxylation sites is 4. The van der Waals surface area contributed by atoms with Crippen molar-refractivity contribution in [3.05, 3.63) is 200 Å². The van der Waals surface area contributed by atoms with Gasteiger partial charge in [-0.2, -0.15) is 0 Å². The minimum atomic E-state index is 0.895. The zero-order chi connectivity index (χ0) is 36.3. The highest BCUT2D eigenvalue weighted by Gasteiger charge is 2.21. The molecule has 0 fully saturated rings. The molecule has 0 aliphatic heterocycles. The first-order chi connectivity index (χ1) is 27.3. The molecule has 0 aliphatic carbocycles. The predicted molar refractivity (Wildman–Crippen MR) is 229 cm³/mol. The second-order valence-corrected chi connectivity index (χ2v) is 14.0. The molecular formula is C52H33NO2. The molecule has 0 unspecified atom stereocenters. The molecule has 2 aromatic heterocycles. The maximum Gasteiger partial charge on any atom is 0.143 e. The Labute approximate surface area is 317 Å². The van der Waals surface area contributed by atoms with Gasteiger partial charge < -0.3 is 13.7 Å². The van der Waals surface area contributed by atoms with Gasteiger partial charge in [-0.05, 0) is 76.2 Å². The van der Waals surface area contributed by atoms with Crippen LogP contribution in [0.3, 0.4) is 0 Å². The third kappa shape index (κ3) is 5.13. The Morgan fingerprint density at radius 2 is 0.836 bits per heavy atom. The molecule has 2 heterocycles. The highest BCUT2D eigenvalue weighted by Crippen LogP contribution is 2.46. The molecule has 0 saturated heterocycles. The first-order valence-electron chi connectivity index (χ1n) is 18.7. The largest absolute Gasteiger partial charge is 0.455 e. The Kier molecular flexibility index (Phi) is 7.17.